The van der Waals surface area contributed by atoms with E-state index < -0.39 is 23.5 Å². The molecule has 1 aliphatic rings. The normalized spacial score (nSPS) is 19.0. The summed E-state index contributed by atoms with van der Waals surface area (Å²) in [6.07, 6.45) is 0.458. The maximum atomic E-state index is 13.6. The van der Waals surface area contributed by atoms with Crippen LogP contribution >= 0.6 is 0 Å². The van der Waals surface area contributed by atoms with E-state index in [0.29, 0.717) is 25.0 Å². The van der Waals surface area contributed by atoms with E-state index in [1.807, 2.05) is 30.3 Å². The maximum Gasteiger partial charge on any atom is 0.407 e. The Hall–Kier alpha value is -2.70. The molecule has 0 unspecified atom stereocenters. The van der Waals surface area contributed by atoms with E-state index in [4.69, 9.17) is 4.74 Å². The summed E-state index contributed by atoms with van der Waals surface area (Å²) in [5.41, 5.74) is 0.532. The molecule has 0 heterocycles. The molecule has 1 aliphatic carbocycles. The molecular weight excluding hydrogens is 333 g/mol. The molecule has 0 atom stereocenters. The summed E-state index contributed by atoms with van der Waals surface area (Å²) in [4.78, 5) is 11.7. The Kier molecular flexibility index (Phi) is 5.11. The van der Waals surface area contributed by atoms with Gasteiger partial charge >= 0.3 is 6.09 Å². The van der Waals surface area contributed by atoms with Gasteiger partial charge in [-0.2, -0.15) is 0 Å². The summed E-state index contributed by atoms with van der Waals surface area (Å²) in [5, 5.41) is 5.39. The van der Waals surface area contributed by atoms with Crippen LogP contribution in [0, 0.1) is 17.5 Å². The lowest BCUT2D eigenvalue weighted by molar-refractivity contribution is 0.129. The van der Waals surface area contributed by atoms with Crippen LogP contribution in [-0.4, -0.2) is 18.2 Å². The second-order valence-corrected chi connectivity index (χ2v) is 5.96. The number of hydrogen-bond acceptors (Lipinski definition) is 3. The molecule has 1 fully saturated rings. The number of carbonyl (C=O) groups is 1. The number of amides is 1. The number of ether oxygens (including phenoxy) is 1. The third kappa shape index (κ3) is 4.43. The van der Waals surface area contributed by atoms with Crippen molar-refractivity contribution in [1.82, 2.24) is 5.32 Å². The van der Waals surface area contributed by atoms with Gasteiger partial charge in [0.05, 0.1) is 0 Å². The van der Waals surface area contributed by atoms with Crippen LogP contribution in [0.2, 0.25) is 0 Å². The van der Waals surface area contributed by atoms with Crippen molar-refractivity contribution in [3.63, 3.8) is 0 Å². The number of benzene rings is 2. The number of halogens is 3. The predicted molar refractivity (Wildman–Crippen MR) is 86.5 cm³/mol. The lowest BCUT2D eigenvalue weighted by atomic mass is 9.86. The van der Waals surface area contributed by atoms with Gasteiger partial charge in [-0.25, -0.2) is 18.0 Å². The molecule has 0 saturated heterocycles. The number of anilines is 1. The number of alkyl carbamates (subject to hydrolysis) is 1. The van der Waals surface area contributed by atoms with E-state index in [9.17, 15) is 18.0 Å². The highest BCUT2D eigenvalue weighted by molar-refractivity contribution is 5.67. The topological polar surface area (TPSA) is 50.4 Å². The van der Waals surface area contributed by atoms with Crippen LogP contribution in [0.1, 0.15) is 18.4 Å². The van der Waals surface area contributed by atoms with Crippen molar-refractivity contribution in [1.29, 1.82) is 0 Å². The van der Waals surface area contributed by atoms with Crippen molar-refractivity contribution in [2.45, 2.75) is 31.5 Å². The fraction of sp³-hybridized carbons (Fsp3) is 0.278. The van der Waals surface area contributed by atoms with Gasteiger partial charge in [0, 0.05) is 24.2 Å². The van der Waals surface area contributed by atoms with Gasteiger partial charge in [0.2, 0.25) is 0 Å². The third-order valence-electron chi connectivity index (χ3n) is 4.03. The second kappa shape index (κ2) is 7.46. The summed E-state index contributed by atoms with van der Waals surface area (Å²) in [7, 11) is 0. The average molecular weight is 350 g/mol. The zero-order valence-corrected chi connectivity index (χ0v) is 13.3. The van der Waals surface area contributed by atoms with Crippen molar-refractivity contribution in [3.8, 4) is 0 Å². The molecule has 0 spiro atoms. The van der Waals surface area contributed by atoms with Gasteiger partial charge in [0.25, 0.3) is 0 Å². The Balaban J connectivity index is 1.42. The summed E-state index contributed by atoms with van der Waals surface area (Å²) in [5.74, 6) is -2.91. The number of carbonyl (C=O) groups excluding carboxylic acids is 1. The summed E-state index contributed by atoms with van der Waals surface area (Å²) < 4.78 is 45.1. The smallest absolute Gasteiger partial charge is 0.407 e. The first-order chi connectivity index (χ1) is 12.0. The Morgan fingerprint density at radius 3 is 2.32 bits per heavy atom. The number of hydrogen-bond donors (Lipinski definition) is 2. The summed E-state index contributed by atoms with van der Waals surface area (Å²) >= 11 is 0. The van der Waals surface area contributed by atoms with Gasteiger partial charge in [-0.1, -0.05) is 30.3 Å². The first-order valence-electron chi connectivity index (χ1n) is 7.89. The first kappa shape index (κ1) is 17.1. The number of nitrogens with one attached hydrogen (secondary N) is 2. The van der Waals surface area contributed by atoms with Gasteiger partial charge in [0.1, 0.15) is 18.1 Å². The summed E-state index contributed by atoms with van der Waals surface area (Å²) in [6.45, 7) is 0.174. The minimum atomic E-state index is -0.976. The fourth-order valence-corrected chi connectivity index (χ4v) is 2.67. The van der Waals surface area contributed by atoms with Gasteiger partial charge in [-0.15, -0.1) is 0 Å². The number of rotatable bonds is 5. The molecule has 0 bridgehead atoms. The van der Waals surface area contributed by atoms with Crippen LogP contribution in [-0.2, 0) is 11.3 Å². The van der Waals surface area contributed by atoms with E-state index in [0.717, 1.165) is 5.56 Å². The zero-order valence-electron chi connectivity index (χ0n) is 13.3. The third-order valence-corrected chi connectivity index (χ3v) is 4.03. The van der Waals surface area contributed by atoms with Crippen molar-refractivity contribution in [2.24, 2.45) is 0 Å². The minimum absolute atomic E-state index is 0.132. The van der Waals surface area contributed by atoms with Gasteiger partial charge in [-0.3, -0.25) is 0 Å². The highest BCUT2D eigenvalue weighted by Gasteiger charge is 2.32. The molecule has 1 saturated carbocycles. The molecule has 7 heteroatoms. The Labute approximate surface area is 143 Å². The molecule has 0 radical (unpaired) electrons. The van der Waals surface area contributed by atoms with Crippen LogP contribution < -0.4 is 10.6 Å². The Bertz CT molecular complexity index is 726. The molecule has 3 rings (SSSR count). The van der Waals surface area contributed by atoms with Gasteiger partial charge in [-0.05, 0) is 18.4 Å². The van der Waals surface area contributed by atoms with Crippen LogP contribution in [0.25, 0.3) is 0 Å². The summed E-state index contributed by atoms with van der Waals surface area (Å²) in [6, 6.07) is 10.2. The van der Waals surface area contributed by atoms with E-state index in [1.165, 1.54) is 0 Å². The van der Waals surface area contributed by atoms with Crippen molar-refractivity contribution >= 4 is 11.8 Å². The lowest BCUT2D eigenvalue weighted by Gasteiger charge is -2.36. The second-order valence-electron chi connectivity index (χ2n) is 5.96. The quantitative estimate of drug-likeness (QED) is 0.858. The molecule has 2 aromatic carbocycles. The van der Waals surface area contributed by atoms with Crippen LogP contribution in [0.15, 0.2) is 42.5 Å². The maximum absolute atomic E-state index is 13.6. The van der Waals surface area contributed by atoms with Gasteiger partial charge < -0.3 is 15.4 Å². The van der Waals surface area contributed by atoms with E-state index in [2.05, 4.69) is 10.6 Å². The Morgan fingerprint density at radius 2 is 1.68 bits per heavy atom. The van der Waals surface area contributed by atoms with E-state index >= 15 is 0 Å². The molecular formula is C18H17F3N2O2. The van der Waals surface area contributed by atoms with Crippen molar-refractivity contribution in [2.75, 3.05) is 5.32 Å². The molecule has 2 N–H and O–H groups in total. The highest BCUT2D eigenvalue weighted by Crippen LogP contribution is 2.28. The molecule has 0 aliphatic heterocycles. The molecule has 2 aromatic rings. The first-order valence-corrected chi connectivity index (χ1v) is 7.89. The standard InChI is InChI=1S/C18H17F3N2O2/c19-12-6-15(20)17(16(21)7-12)22-13-8-14(9-13)23-18(24)25-10-11-4-2-1-3-5-11/h1-7,13-14,22H,8-10H2,(H,23,24). The van der Waals surface area contributed by atoms with Crippen LogP contribution in [0.5, 0.6) is 0 Å². The monoisotopic (exact) mass is 350 g/mol. The molecule has 132 valence electrons. The molecule has 0 aromatic heterocycles. The van der Waals surface area contributed by atoms with Gasteiger partial charge in [0.15, 0.2) is 11.6 Å². The average Bonchev–Trinajstić information content (AvgIpc) is 2.54. The van der Waals surface area contributed by atoms with Crippen molar-refractivity contribution < 1.29 is 22.7 Å². The zero-order chi connectivity index (χ0) is 17.8. The fourth-order valence-electron chi connectivity index (χ4n) is 2.67. The van der Waals surface area contributed by atoms with Crippen LogP contribution in [0.4, 0.5) is 23.7 Å². The van der Waals surface area contributed by atoms with E-state index in [1.54, 1.807) is 0 Å². The largest absolute Gasteiger partial charge is 0.445 e. The minimum Gasteiger partial charge on any atom is -0.445 e. The highest BCUT2D eigenvalue weighted by atomic mass is 19.1. The van der Waals surface area contributed by atoms with Crippen LogP contribution in [0.3, 0.4) is 0 Å². The molecule has 25 heavy (non-hydrogen) atoms. The van der Waals surface area contributed by atoms with E-state index in [-0.39, 0.29) is 24.4 Å². The predicted octanol–water partition coefficient (Wildman–Crippen LogP) is 3.97. The Morgan fingerprint density at radius 1 is 1.04 bits per heavy atom. The molecule has 4 nitrogen and oxygen atoms in total. The van der Waals surface area contributed by atoms with Crippen molar-refractivity contribution in [3.05, 3.63) is 65.5 Å². The molecule has 1 amide bonds. The lowest BCUT2D eigenvalue weighted by Crippen LogP contribution is -2.50. The SMILES string of the molecule is O=C(NC1CC(Nc2c(F)cc(F)cc2F)C1)OCc1ccccc1.